The average molecular weight is 345 g/mol. The lowest BCUT2D eigenvalue weighted by atomic mass is 10.1. The minimum atomic E-state index is -0.377. The van der Waals surface area contributed by atoms with E-state index in [1.165, 1.54) is 37.7 Å². The fourth-order valence-electron chi connectivity index (χ4n) is 2.15. The molecule has 0 radical (unpaired) electrons. The van der Waals surface area contributed by atoms with E-state index in [-0.39, 0.29) is 6.10 Å². The molecule has 0 fully saturated rings. The summed E-state index contributed by atoms with van der Waals surface area (Å²) in [6.45, 7) is 3.45. The van der Waals surface area contributed by atoms with Crippen LogP contribution in [0.25, 0.3) is 0 Å². The lowest BCUT2D eigenvalue weighted by molar-refractivity contribution is 0.0467. The monoisotopic (exact) mass is 344 g/mol. The zero-order chi connectivity index (χ0) is 16.0. The van der Waals surface area contributed by atoms with Crippen LogP contribution in [-0.2, 0) is 10.5 Å². The highest BCUT2D eigenvalue weighted by Gasteiger charge is 2.05. The van der Waals surface area contributed by atoms with Gasteiger partial charge in [-0.15, -0.1) is 0 Å². The first-order valence-corrected chi connectivity index (χ1v) is 9.83. The molecule has 0 saturated heterocycles. The molecule has 1 aromatic rings. The van der Waals surface area contributed by atoms with Gasteiger partial charge in [-0.1, -0.05) is 62.8 Å². The second-order valence-electron chi connectivity index (χ2n) is 5.64. The molecule has 1 aromatic carbocycles. The molecular formula is C18H29ClO2S. The topological polar surface area (TPSA) is 29.5 Å². The molecular weight excluding hydrogens is 316 g/mol. The standard InChI is InChI=1S/C18H29ClO2S/c1-2-3-4-5-6-7-12-21-13-18(20)15-22-14-16-8-10-17(19)11-9-16/h8-11,18,20H,2-7,12-15H2,1H3. The maximum Gasteiger partial charge on any atom is 0.0863 e. The van der Waals surface area contributed by atoms with Crippen LogP contribution in [0.2, 0.25) is 5.02 Å². The number of hydrogen-bond donors (Lipinski definition) is 1. The maximum absolute atomic E-state index is 9.88. The molecule has 0 aliphatic heterocycles. The highest BCUT2D eigenvalue weighted by molar-refractivity contribution is 7.98. The van der Waals surface area contributed by atoms with E-state index in [0.29, 0.717) is 12.4 Å². The van der Waals surface area contributed by atoms with Crippen LogP contribution in [0.15, 0.2) is 24.3 Å². The third kappa shape index (κ3) is 10.5. The smallest absolute Gasteiger partial charge is 0.0863 e. The van der Waals surface area contributed by atoms with Gasteiger partial charge in [0.05, 0.1) is 12.7 Å². The number of benzene rings is 1. The molecule has 4 heteroatoms. The largest absolute Gasteiger partial charge is 0.390 e. The molecule has 0 bridgehead atoms. The average Bonchev–Trinajstić information content (AvgIpc) is 2.52. The van der Waals surface area contributed by atoms with Crippen LogP contribution in [0.5, 0.6) is 0 Å². The summed E-state index contributed by atoms with van der Waals surface area (Å²) in [4.78, 5) is 0. The van der Waals surface area contributed by atoms with E-state index in [1.54, 1.807) is 11.8 Å². The van der Waals surface area contributed by atoms with Gasteiger partial charge in [0.25, 0.3) is 0 Å². The lowest BCUT2D eigenvalue weighted by Gasteiger charge is -2.11. The first-order chi connectivity index (χ1) is 10.7. The van der Waals surface area contributed by atoms with Crippen LogP contribution in [0, 0.1) is 0 Å². The fourth-order valence-corrected chi connectivity index (χ4v) is 3.19. The van der Waals surface area contributed by atoms with Crippen molar-refractivity contribution in [3.05, 3.63) is 34.9 Å². The van der Waals surface area contributed by atoms with Gasteiger partial charge < -0.3 is 9.84 Å². The van der Waals surface area contributed by atoms with E-state index < -0.39 is 0 Å². The number of aliphatic hydroxyl groups is 1. The Labute approximate surface area is 144 Å². The molecule has 0 aliphatic carbocycles. The maximum atomic E-state index is 9.88. The first kappa shape index (κ1) is 19.8. The van der Waals surface area contributed by atoms with Crippen molar-refractivity contribution in [3.8, 4) is 0 Å². The Morgan fingerprint density at radius 1 is 1.09 bits per heavy atom. The van der Waals surface area contributed by atoms with E-state index in [2.05, 4.69) is 6.92 Å². The molecule has 1 rings (SSSR count). The van der Waals surface area contributed by atoms with Crippen molar-refractivity contribution >= 4 is 23.4 Å². The van der Waals surface area contributed by atoms with Crippen LogP contribution in [0.4, 0.5) is 0 Å². The third-order valence-corrected chi connectivity index (χ3v) is 4.85. The zero-order valence-electron chi connectivity index (χ0n) is 13.6. The number of aliphatic hydroxyl groups excluding tert-OH is 1. The van der Waals surface area contributed by atoms with Gasteiger partial charge >= 0.3 is 0 Å². The van der Waals surface area contributed by atoms with Crippen LogP contribution in [0.3, 0.4) is 0 Å². The number of halogens is 1. The second-order valence-corrected chi connectivity index (χ2v) is 7.10. The number of ether oxygens (including phenoxy) is 1. The van der Waals surface area contributed by atoms with Crippen LogP contribution in [0.1, 0.15) is 51.0 Å². The molecule has 2 nitrogen and oxygen atoms in total. The van der Waals surface area contributed by atoms with Crippen molar-refractivity contribution in [1.82, 2.24) is 0 Å². The number of unbranched alkanes of at least 4 members (excludes halogenated alkanes) is 5. The second kappa shape index (κ2) is 13.2. The summed E-state index contributed by atoms with van der Waals surface area (Å²) in [5, 5.41) is 10.6. The van der Waals surface area contributed by atoms with E-state index in [4.69, 9.17) is 16.3 Å². The van der Waals surface area contributed by atoms with Gasteiger partial charge in [0.1, 0.15) is 0 Å². The Balaban J connectivity index is 1.93. The van der Waals surface area contributed by atoms with Gasteiger partial charge in [0.15, 0.2) is 0 Å². The Morgan fingerprint density at radius 2 is 1.77 bits per heavy atom. The molecule has 0 spiro atoms. The Bertz CT molecular complexity index is 370. The minimum absolute atomic E-state index is 0.377. The summed E-state index contributed by atoms with van der Waals surface area (Å²) in [6.07, 6.45) is 7.23. The van der Waals surface area contributed by atoms with E-state index in [1.807, 2.05) is 24.3 Å². The molecule has 126 valence electrons. The summed E-state index contributed by atoms with van der Waals surface area (Å²) in [6, 6.07) is 7.85. The molecule has 22 heavy (non-hydrogen) atoms. The number of hydrogen-bond acceptors (Lipinski definition) is 3. The first-order valence-electron chi connectivity index (χ1n) is 8.30. The molecule has 0 amide bonds. The molecule has 1 atom stereocenters. The van der Waals surface area contributed by atoms with Gasteiger partial charge in [-0.05, 0) is 24.1 Å². The van der Waals surface area contributed by atoms with Crippen LogP contribution in [-0.4, -0.2) is 30.2 Å². The summed E-state index contributed by atoms with van der Waals surface area (Å²) in [7, 11) is 0. The fraction of sp³-hybridized carbons (Fsp3) is 0.667. The van der Waals surface area contributed by atoms with Crippen molar-refractivity contribution in [2.45, 2.75) is 57.3 Å². The van der Waals surface area contributed by atoms with Crippen molar-refractivity contribution in [1.29, 1.82) is 0 Å². The van der Waals surface area contributed by atoms with Gasteiger partial charge in [0, 0.05) is 23.1 Å². The molecule has 0 aromatic heterocycles. The SMILES string of the molecule is CCCCCCCCOCC(O)CSCc1ccc(Cl)cc1. The minimum Gasteiger partial charge on any atom is -0.390 e. The van der Waals surface area contributed by atoms with Crippen LogP contribution < -0.4 is 0 Å². The summed E-state index contributed by atoms with van der Waals surface area (Å²) in [5.74, 6) is 1.60. The third-order valence-electron chi connectivity index (χ3n) is 3.44. The predicted octanol–water partition coefficient (Wildman–Crippen LogP) is 5.31. The van der Waals surface area contributed by atoms with E-state index in [0.717, 1.165) is 23.8 Å². The normalized spacial score (nSPS) is 12.5. The van der Waals surface area contributed by atoms with Crippen molar-refractivity contribution in [3.63, 3.8) is 0 Å². The Kier molecular flexibility index (Phi) is 11.9. The highest BCUT2D eigenvalue weighted by Crippen LogP contribution is 2.16. The Morgan fingerprint density at radius 3 is 2.50 bits per heavy atom. The van der Waals surface area contributed by atoms with Crippen molar-refractivity contribution in [2.24, 2.45) is 0 Å². The zero-order valence-corrected chi connectivity index (χ0v) is 15.2. The summed E-state index contributed by atoms with van der Waals surface area (Å²) < 4.78 is 5.54. The lowest BCUT2D eigenvalue weighted by Crippen LogP contribution is -2.18. The van der Waals surface area contributed by atoms with E-state index >= 15 is 0 Å². The van der Waals surface area contributed by atoms with E-state index in [9.17, 15) is 5.11 Å². The van der Waals surface area contributed by atoms with Crippen molar-refractivity contribution in [2.75, 3.05) is 19.0 Å². The number of thioether (sulfide) groups is 1. The summed E-state index contributed by atoms with van der Waals surface area (Å²) >= 11 is 7.58. The summed E-state index contributed by atoms with van der Waals surface area (Å²) in [5.41, 5.74) is 1.23. The number of rotatable bonds is 13. The highest BCUT2D eigenvalue weighted by atomic mass is 35.5. The van der Waals surface area contributed by atoms with Crippen molar-refractivity contribution < 1.29 is 9.84 Å². The van der Waals surface area contributed by atoms with Gasteiger partial charge in [-0.2, -0.15) is 11.8 Å². The molecule has 1 unspecified atom stereocenters. The quantitative estimate of drug-likeness (QED) is 0.491. The molecule has 0 aliphatic rings. The predicted molar refractivity (Wildman–Crippen MR) is 97.8 cm³/mol. The molecule has 0 saturated carbocycles. The molecule has 1 N–H and O–H groups in total. The van der Waals surface area contributed by atoms with Gasteiger partial charge in [-0.3, -0.25) is 0 Å². The molecule has 0 heterocycles. The van der Waals surface area contributed by atoms with Gasteiger partial charge in [0.2, 0.25) is 0 Å². The van der Waals surface area contributed by atoms with Crippen LogP contribution >= 0.6 is 23.4 Å². The van der Waals surface area contributed by atoms with Gasteiger partial charge in [-0.25, -0.2) is 0 Å². The Hall–Kier alpha value is -0.220.